The van der Waals surface area contributed by atoms with Gasteiger partial charge in [0.2, 0.25) is 0 Å². The van der Waals surface area contributed by atoms with E-state index in [4.69, 9.17) is 15.5 Å². The molecule has 0 saturated carbocycles. The van der Waals surface area contributed by atoms with Crippen LogP contribution in [0.25, 0.3) is 5.65 Å². The standard InChI is InChI=1S/C15H22N4O/c1-11-12(7-10-20-11)18(2)15-13(6-8-16)19-9-4-3-5-14(19)17-15/h3-5,9,11-12H,6-8,10,16H2,1-2H3. The van der Waals surface area contributed by atoms with E-state index in [-0.39, 0.29) is 6.10 Å². The van der Waals surface area contributed by atoms with Gasteiger partial charge in [0.05, 0.1) is 17.8 Å². The smallest absolute Gasteiger partial charge is 0.151 e. The van der Waals surface area contributed by atoms with Crippen LogP contribution in [0.1, 0.15) is 19.0 Å². The number of nitrogens with two attached hydrogens (primary N) is 1. The summed E-state index contributed by atoms with van der Waals surface area (Å²) in [5.41, 5.74) is 7.94. The summed E-state index contributed by atoms with van der Waals surface area (Å²) in [5, 5.41) is 0. The zero-order valence-corrected chi connectivity index (χ0v) is 12.1. The summed E-state index contributed by atoms with van der Waals surface area (Å²) in [5.74, 6) is 1.03. The Bertz CT molecular complexity index is 595. The van der Waals surface area contributed by atoms with Gasteiger partial charge in [-0.3, -0.25) is 0 Å². The van der Waals surface area contributed by atoms with Crippen molar-refractivity contribution in [3.8, 4) is 0 Å². The van der Waals surface area contributed by atoms with Crippen LogP contribution in [-0.2, 0) is 11.2 Å². The van der Waals surface area contributed by atoms with Crippen molar-refractivity contribution >= 4 is 11.5 Å². The van der Waals surface area contributed by atoms with Gasteiger partial charge in [0, 0.05) is 26.3 Å². The quantitative estimate of drug-likeness (QED) is 0.917. The third kappa shape index (κ3) is 2.17. The lowest BCUT2D eigenvalue weighted by Gasteiger charge is -2.27. The van der Waals surface area contributed by atoms with Crippen molar-refractivity contribution in [2.45, 2.75) is 31.9 Å². The van der Waals surface area contributed by atoms with E-state index >= 15 is 0 Å². The van der Waals surface area contributed by atoms with Gasteiger partial charge in [0.25, 0.3) is 0 Å². The van der Waals surface area contributed by atoms with Crippen LogP contribution >= 0.6 is 0 Å². The third-order valence-electron chi connectivity index (χ3n) is 4.16. The molecule has 2 aromatic heterocycles. The SMILES string of the molecule is CC1OCCC1N(C)c1nc2ccccn2c1CCN. The molecular weight excluding hydrogens is 252 g/mol. The molecule has 2 atom stereocenters. The molecule has 3 heterocycles. The molecule has 2 unspecified atom stereocenters. The highest BCUT2D eigenvalue weighted by Crippen LogP contribution is 2.27. The summed E-state index contributed by atoms with van der Waals surface area (Å²) in [7, 11) is 2.11. The predicted octanol–water partition coefficient (Wildman–Crippen LogP) is 1.45. The molecule has 1 aliphatic rings. The molecule has 0 aromatic carbocycles. The molecule has 108 valence electrons. The first-order valence-corrected chi connectivity index (χ1v) is 7.23. The normalized spacial score (nSPS) is 22.6. The fourth-order valence-corrected chi connectivity index (χ4v) is 3.07. The number of nitrogens with zero attached hydrogens (tertiary/aromatic N) is 3. The molecule has 0 amide bonds. The maximum absolute atomic E-state index is 5.78. The summed E-state index contributed by atoms with van der Waals surface area (Å²) >= 11 is 0. The van der Waals surface area contributed by atoms with Crippen LogP contribution in [-0.4, -0.2) is 41.7 Å². The van der Waals surface area contributed by atoms with Gasteiger partial charge >= 0.3 is 0 Å². The zero-order valence-electron chi connectivity index (χ0n) is 12.1. The lowest BCUT2D eigenvalue weighted by atomic mass is 10.1. The molecule has 0 aliphatic carbocycles. The van der Waals surface area contributed by atoms with Crippen LogP contribution in [0.5, 0.6) is 0 Å². The minimum atomic E-state index is 0.246. The number of ether oxygens (including phenoxy) is 1. The second-order valence-electron chi connectivity index (χ2n) is 5.39. The lowest BCUT2D eigenvalue weighted by Crippen LogP contribution is -2.37. The molecule has 1 saturated heterocycles. The fourth-order valence-electron chi connectivity index (χ4n) is 3.07. The van der Waals surface area contributed by atoms with Gasteiger partial charge in [0.1, 0.15) is 5.65 Å². The van der Waals surface area contributed by atoms with Crippen LogP contribution in [0.4, 0.5) is 5.82 Å². The van der Waals surface area contributed by atoms with Gasteiger partial charge in [-0.05, 0) is 32.0 Å². The molecule has 20 heavy (non-hydrogen) atoms. The monoisotopic (exact) mass is 274 g/mol. The van der Waals surface area contributed by atoms with Gasteiger partial charge < -0.3 is 19.8 Å². The Balaban J connectivity index is 2.03. The molecule has 5 heteroatoms. The van der Waals surface area contributed by atoms with E-state index in [2.05, 4.69) is 29.5 Å². The molecule has 5 nitrogen and oxygen atoms in total. The predicted molar refractivity (Wildman–Crippen MR) is 80.2 cm³/mol. The van der Waals surface area contributed by atoms with E-state index < -0.39 is 0 Å². The number of hydrogen-bond acceptors (Lipinski definition) is 4. The van der Waals surface area contributed by atoms with Crippen LogP contribution in [0.3, 0.4) is 0 Å². The van der Waals surface area contributed by atoms with Gasteiger partial charge in [-0.1, -0.05) is 6.07 Å². The Morgan fingerprint density at radius 3 is 3.05 bits per heavy atom. The van der Waals surface area contributed by atoms with Crippen molar-refractivity contribution in [3.63, 3.8) is 0 Å². The van der Waals surface area contributed by atoms with E-state index in [1.807, 2.05) is 18.2 Å². The van der Waals surface area contributed by atoms with Gasteiger partial charge in [-0.15, -0.1) is 0 Å². The number of pyridine rings is 1. The topological polar surface area (TPSA) is 55.8 Å². The summed E-state index contributed by atoms with van der Waals surface area (Å²) in [6.07, 6.45) is 4.18. The first kappa shape index (κ1) is 13.4. The Morgan fingerprint density at radius 2 is 2.35 bits per heavy atom. The molecule has 0 bridgehead atoms. The average molecular weight is 274 g/mol. The maximum Gasteiger partial charge on any atom is 0.151 e. The van der Waals surface area contributed by atoms with Crippen LogP contribution in [0.2, 0.25) is 0 Å². The summed E-state index contributed by atoms with van der Waals surface area (Å²) in [6.45, 7) is 3.59. The van der Waals surface area contributed by atoms with Gasteiger partial charge in [0.15, 0.2) is 5.82 Å². The van der Waals surface area contributed by atoms with Crippen molar-refractivity contribution in [1.29, 1.82) is 0 Å². The number of anilines is 1. The Kier molecular flexibility index (Phi) is 3.63. The molecule has 1 fully saturated rings. The van der Waals surface area contributed by atoms with Crippen molar-refractivity contribution < 1.29 is 4.74 Å². The van der Waals surface area contributed by atoms with E-state index in [0.29, 0.717) is 12.6 Å². The number of hydrogen-bond donors (Lipinski definition) is 1. The third-order valence-corrected chi connectivity index (χ3v) is 4.16. The highest BCUT2D eigenvalue weighted by molar-refractivity contribution is 5.56. The summed E-state index contributed by atoms with van der Waals surface area (Å²) in [6, 6.07) is 6.46. The zero-order chi connectivity index (χ0) is 14.1. The number of imidazole rings is 1. The second kappa shape index (κ2) is 5.42. The second-order valence-corrected chi connectivity index (χ2v) is 5.39. The van der Waals surface area contributed by atoms with E-state index in [1.54, 1.807) is 0 Å². The fraction of sp³-hybridized carbons (Fsp3) is 0.533. The number of fused-ring (bicyclic) bond motifs is 1. The molecule has 0 spiro atoms. The van der Waals surface area contributed by atoms with Crippen molar-refractivity contribution in [1.82, 2.24) is 9.38 Å². The van der Waals surface area contributed by atoms with Crippen molar-refractivity contribution in [2.24, 2.45) is 5.73 Å². The van der Waals surface area contributed by atoms with Gasteiger partial charge in [-0.2, -0.15) is 0 Å². The highest BCUT2D eigenvalue weighted by Gasteiger charge is 2.30. The molecular formula is C15H22N4O. The number of rotatable bonds is 4. The Labute approximate surface area is 119 Å². The van der Waals surface area contributed by atoms with Crippen LogP contribution in [0.15, 0.2) is 24.4 Å². The molecule has 2 aromatic rings. The molecule has 2 N–H and O–H groups in total. The van der Waals surface area contributed by atoms with Crippen molar-refractivity contribution in [2.75, 3.05) is 25.1 Å². The minimum Gasteiger partial charge on any atom is -0.376 e. The molecule has 3 rings (SSSR count). The highest BCUT2D eigenvalue weighted by atomic mass is 16.5. The molecule has 0 radical (unpaired) electrons. The number of aromatic nitrogens is 2. The number of likely N-dealkylation sites (N-methyl/N-ethyl adjacent to an activating group) is 1. The summed E-state index contributed by atoms with van der Waals surface area (Å²) < 4.78 is 7.82. The average Bonchev–Trinajstić information content (AvgIpc) is 3.03. The molecule has 1 aliphatic heterocycles. The van der Waals surface area contributed by atoms with E-state index in [1.165, 1.54) is 5.69 Å². The van der Waals surface area contributed by atoms with Crippen LogP contribution < -0.4 is 10.6 Å². The largest absolute Gasteiger partial charge is 0.376 e. The Morgan fingerprint density at radius 1 is 1.50 bits per heavy atom. The summed E-state index contributed by atoms with van der Waals surface area (Å²) in [4.78, 5) is 7.05. The first-order chi connectivity index (χ1) is 9.72. The maximum atomic E-state index is 5.78. The lowest BCUT2D eigenvalue weighted by molar-refractivity contribution is 0.118. The van der Waals surface area contributed by atoms with Crippen LogP contribution in [0, 0.1) is 0 Å². The van der Waals surface area contributed by atoms with E-state index in [9.17, 15) is 0 Å². The first-order valence-electron chi connectivity index (χ1n) is 7.23. The Hall–Kier alpha value is -1.59. The minimum absolute atomic E-state index is 0.246. The van der Waals surface area contributed by atoms with E-state index in [0.717, 1.165) is 30.9 Å². The van der Waals surface area contributed by atoms with Gasteiger partial charge in [-0.25, -0.2) is 4.98 Å². The van der Waals surface area contributed by atoms with Crippen molar-refractivity contribution in [3.05, 3.63) is 30.1 Å².